The van der Waals surface area contributed by atoms with Crippen LogP contribution in [0.25, 0.3) is 22.8 Å². The van der Waals surface area contributed by atoms with E-state index in [1.54, 1.807) is 0 Å². The standard InChI is InChI=1S/C16H14BrN3/c1-11-3-5-12(6-4-11)15-18-16(20(2)19-15)13-7-9-14(17)10-8-13/h3-10H,1-2H3. The number of hydrogen-bond donors (Lipinski definition) is 0. The highest BCUT2D eigenvalue weighted by Crippen LogP contribution is 2.23. The Kier molecular flexibility index (Phi) is 3.40. The summed E-state index contributed by atoms with van der Waals surface area (Å²) in [6, 6.07) is 16.3. The second kappa shape index (κ2) is 5.21. The van der Waals surface area contributed by atoms with Gasteiger partial charge in [-0.25, -0.2) is 9.67 Å². The van der Waals surface area contributed by atoms with E-state index in [1.165, 1.54) is 5.56 Å². The maximum atomic E-state index is 4.65. The van der Waals surface area contributed by atoms with Gasteiger partial charge in [-0.2, -0.15) is 5.10 Å². The lowest BCUT2D eigenvalue weighted by Gasteiger charge is -1.99. The maximum absolute atomic E-state index is 4.65. The zero-order valence-corrected chi connectivity index (χ0v) is 12.9. The first-order chi connectivity index (χ1) is 9.63. The first-order valence-corrected chi connectivity index (χ1v) is 7.17. The summed E-state index contributed by atoms with van der Waals surface area (Å²) in [4.78, 5) is 4.65. The van der Waals surface area contributed by atoms with Crippen molar-refractivity contribution >= 4 is 15.9 Å². The van der Waals surface area contributed by atoms with Gasteiger partial charge in [0.2, 0.25) is 0 Å². The molecule has 0 saturated carbocycles. The fourth-order valence-corrected chi connectivity index (χ4v) is 2.32. The number of halogens is 1. The van der Waals surface area contributed by atoms with Crippen molar-refractivity contribution in [3.63, 3.8) is 0 Å². The highest BCUT2D eigenvalue weighted by atomic mass is 79.9. The zero-order chi connectivity index (χ0) is 14.1. The van der Waals surface area contributed by atoms with E-state index in [0.717, 1.165) is 27.2 Å². The van der Waals surface area contributed by atoms with E-state index in [2.05, 4.69) is 57.2 Å². The molecule has 0 atom stereocenters. The molecule has 1 aromatic heterocycles. The third kappa shape index (κ3) is 2.51. The second-order valence-electron chi connectivity index (χ2n) is 4.76. The van der Waals surface area contributed by atoms with Crippen LogP contribution >= 0.6 is 15.9 Å². The van der Waals surface area contributed by atoms with Crippen LogP contribution in [0.2, 0.25) is 0 Å². The molecule has 0 radical (unpaired) electrons. The second-order valence-corrected chi connectivity index (χ2v) is 5.67. The van der Waals surface area contributed by atoms with Crippen molar-refractivity contribution in [1.29, 1.82) is 0 Å². The Balaban J connectivity index is 2.02. The van der Waals surface area contributed by atoms with Gasteiger partial charge in [-0.3, -0.25) is 0 Å². The fraction of sp³-hybridized carbons (Fsp3) is 0.125. The number of rotatable bonds is 2. The molecule has 0 aliphatic rings. The van der Waals surface area contributed by atoms with Gasteiger partial charge in [0, 0.05) is 22.6 Å². The molecule has 100 valence electrons. The van der Waals surface area contributed by atoms with Gasteiger partial charge in [-0.1, -0.05) is 57.9 Å². The predicted octanol–water partition coefficient (Wildman–Crippen LogP) is 4.22. The highest BCUT2D eigenvalue weighted by molar-refractivity contribution is 9.10. The molecule has 2 aromatic carbocycles. The van der Waals surface area contributed by atoms with E-state index < -0.39 is 0 Å². The van der Waals surface area contributed by atoms with Crippen molar-refractivity contribution in [1.82, 2.24) is 14.8 Å². The third-order valence-electron chi connectivity index (χ3n) is 3.18. The molecule has 4 heteroatoms. The number of nitrogens with zero attached hydrogens (tertiary/aromatic N) is 3. The van der Waals surface area contributed by atoms with Crippen LogP contribution in [0.4, 0.5) is 0 Å². The van der Waals surface area contributed by atoms with Gasteiger partial charge < -0.3 is 0 Å². The maximum Gasteiger partial charge on any atom is 0.181 e. The number of hydrogen-bond acceptors (Lipinski definition) is 2. The molecule has 0 aliphatic heterocycles. The summed E-state index contributed by atoms with van der Waals surface area (Å²) in [6.07, 6.45) is 0. The van der Waals surface area contributed by atoms with Gasteiger partial charge in [-0.15, -0.1) is 0 Å². The molecular weight excluding hydrogens is 314 g/mol. The quantitative estimate of drug-likeness (QED) is 0.705. The number of benzene rings is 2. The smallest absolute Gasteiger partial charge is 0.181 e. The molecule has 3 aromatic rings. The van der Waals surface area contributed by atoms with Crippen molar-refractivity contribution in [2.24, 2.45) is 7.05 Å². The summed E-state index contributed by atoms with van der Waals surface area (Å²) in [5.74, 6) is 1.62. The van der Waals surface area contributed by atoms with E-state index in [1.807, 2.05) is 36.0 Å². The molecule has 0 aliphatic carbocycles. The van der Waals surface area contributed by atoms with E-state index >= 15 is 0 Å². The van der Waals surface area contributed by atoms with Crippen LogP contribution in [0.1, 0.15) is 5.56 Å². The van der Waals surface area contributed by atoms with Gasteiger partial charge in [0.05, 0.1) is 0 Å². The van der Waals surface area contributed by atoms with Crippen LogP contribution < -0.4 is 0 Å². The van der Waals surface area contributed by atoms with Crippen LogP contribution in [0.3, 0.4) is 0 Å². The average molecular weight is 328 g/mol. The average Bonchev–Trinajstić information content (AvgIpc) is 2.82. The first-order valence-electron chi connectivity index (χ1n) is 6.37. The summed E-state index contributed by atoms with van der Waals surface area (Å²) in [7, 11) is 1.92. The Labute approximate surface area is 126 Å². The van der Waals surface area contributed by atoms with Crippen LogP contribution in [0.15, 0.2) is 53.0 Å². The summed E-state index contributed by atoms with van der Waals surface area (Å²) in [6.45, 7) is 2.07. The molecule has 0 fully saturated rings. The van der Waals surface area contributed by atoms with E-state index in [9.17, 15) is 0 Å². The highest BCUT2D eigenvalue weighted by Gasteiger charge is 2.10. The zero-order valence-electron chi connectivity index (χ0n) is 11.3. The lowest BCUT2D eigenvalue weighted by molar-refractivity contribution is 0.777. The fourth-order valence-electron chi connectivity index (χ4n) is 2.06. The minimum atomic E-state index is 0.755. The van der Waals surface area contributed by atoms with Crippen molar-refractivity contribution in [3.8, 4) is 22.8 Å². The summed E-state index contributed by atoms with van der Waals surface area (Å²) in [5.41, 5.74) is 3.33. The normalized spacial score (nSPS) is 10.8. The lowest BCUT2D eigenvalue weighted by Crippen LogP contribution is -1.94. The number of aryl methyl sites for hydroxylation is 2. The third-order valence-corrected chi connectivity index (χ3v) is 3.70. The molecule has 3 rings (SSSR count). The van der Waals surface area contributed by atoms with E-state index in [4.69, 9.17) is 0 Å². The van der Waals surface area contributed by atoms with Gasteiger partial charge in [0.15, 0.2) is 11.6 Å². The molecule has 0 amide bonds. The van der Waals surface area contributed by atoms with Crippen molar-refractivity contribution in [2.45, 2.75) is 6.92 Å². The molecule has 0 spiro atoms. The van der Waals surface area contributed by atoms with Crippen molar-refractivity contribution < 1.29 is 0 Å². The van der Waals surface area contributed by atoms with Crippen LogP contribution in [0.5, 0.6) is 0 Å². The van der Waals surface area contributed by atoms with Crippen molar-refractivity contribution in [3.05, 3.63) is 58.6 Å². The van der Waals surface area contributed by atoms with Crippen LogP contribution in [-0.4, -0.2) is 14.8 Å². The molecule has 0 N–H and O–H groups in total. The minimum Gasteiger partial charge on any atom is -0.248 e. The Bertz CT molecular complexity index is 727. The summed E-state index contributed by atoms with van der Waals surface area (Å²) in [5, 5.41) is 4.50. The Hall–Kier alpha value is -1.94. The number of aromatic nitrogens is 3. The predicted molar refractivity (Wildman–Crippen MR) is 84.3 cm³/mol. The van der Waals surface area contributed by atoms with Gasteiger partial charge in [0.25, 0.3) is 0 Å². The van der Waals surface area contributed by atoms with E-state index in [0.29, 0.717) is 0 Å². The van der Waals surface area contributed by atoms with Crippen LogP contribution in [-0.2, 0) is 7.05 Å². The molecule has 3 nitrogen and oxygen atoms in total. The Morgan fingerprint density at radius 1 is 0.900 bits per heavy atom. The monoisotopic (exact) mass is 327 g/mol. The SMILES string of the molecule is Cc1ccc(-c2nc(-c3ccc(Br)cc3)n(C)n2)cc1. The summed E-state index contributed by atoms with van der Waals surface area (Å²) >= 11 is 3.44. The first kappa shape index (κ1) is 13.1. The van der Waals surface area contributed by atoms with Gasteiger partial charge >= 0.3 is 0 Å². The molecule has 0 saturated heterocycles. The molecule has 1 heterocycles. The Morgan fingerprint density at radius 2 is 1.50 bits per heavy atom. The Morgan fingerprint density at radius 3 is 2.15 bits per heavy atom. The van der Waals surface area contributed by atoms with E-state index in [-0.39, 0.29) is 0 Å². The van der Waals surface area contributed by atoms with Crippen molar-refractivity contribution in [2.75, 3.05) is 0 Å². The molecule has 0 unspecified atom stereocenters. The minimum absolute atomic E-state index is 0.755. The molecule has 0 bridgehead atoms. The van der Waals surface area contributed by atoms with Gasteiger partial charge in [-0.05, 0) is 19.1 Å². The van der Waals surface area contributed by atoms with Gasteiger partial charge in [0.1, 0.15) is 0 Å². The topological polar surface area (TPSA) is 30.7 Å². The summed E-state index contributed by atoms with van der Waals surface area (Å²) < 4.78 is 2.88. The lowest BCUT2D eigenvalue weighted by atomic mass is 10.1. The largest absolute Gasteiger partial charge is 0.248 e. The molecular formula is C16H14BrN3. The van der Waals surface area contributed by atoms with Crippen LogP contribution in [0, 0.1) is 6.92 Å². The molecule has 20 heavy (non-hydrogen) atoms.